The zero-order valence-corrected chi connectivity index (χ0v) is 9.16. The molecule has 0 unspecified atom stereocenters. The molecule has 2 rings (SSSR count). The van der Waals surface area contributed by atoms with Crippen molar-refractivity contribution in [3.05, 3.63) is 52.7 Å². The van der Waals surface area contributed by atoms with Crippen molar-refractivity contribution in [2.45, 2.75) is 0 Å². The van der Waals surface area contributed by atoms with Gasteiger partial charge in [0.2, 0.25) is 0 Å². The van der Waals surface area contributed by atoms with Crippen molar-refractivity contribution >= 4 is 11.3 Å². The minimum atomic E-state index is -0.299. The van der Waals surface area contributed by atoms with E-state index in [2.05, 4.69) is 10.3 Å². The lowest BCUT2D eigenvalue weighted by Gasteiger charge is -2.02. The summed E-state index contributed by atoms with van der Waals surface area (Å²) in [4.78, 5) is 16.1. The Labute approximate surface area is 102 Å². The fourth-order valence-electron chi connectivity index (χ4n) is 1.37. The molecule has 0 aliphatic carbocycles. The fraction of sp³-hybridized carbons (Fsp3) is 0. The van der Waals surface area contributed by atoms with Gasteiger partial charge in [0, 0.05) is 12.4 Å². The summed E-state index contributed by atoms with van der Waals surface area (Å²) >= 11 is 0. The Morgan fingerprint density at radius 3 is 2.89 bits per heavy atom. The van der Waals surface area contributed by atoms with Crippen LogP contribution in [0.4, 0.5) is 5.69 Å². The largest absolute Gasteiger partial charge is 0.354 e. The molecule has 2 aromatic rings. The van der Waals surface area contributed by atoms with Crippen LogP contribution in [-0.2, 0) is 0 Å². The van der Waals surface area contributed by atoms with E-state index in [-0.39, 0.29) is 16.8 Å². The van der Waals surface area contributed by atoms with Crippen LogP contribution in [0.3, 0.4) is 0 Å². The van der Waals surface area contributed by atoms with E-state index in [0.717, 1.165) is 0 Å². The van der Waals surface area contributed by atoms with Gasteiger partial charge in [0.1, 0.15) is 29.0 Å². The number of fused-ring (bicyclic) bond motifs is 1. The van der Waals surface area contributed by atoms with Crippen LogP contribution in [0.2, 0.25) is 0 Å². The summed E-state index contributed by atoms with van der Waals surface area (Å²) in [6.45, 7) is 0. The number of allylic oxidation sites excluding steroid dienone is 1. The molecule has 0 atom stereocenters. The summed E-state index contributed by atoms with van der Waals surface area (Å²) in [7, 11) is 0. The van der Waals surface area contributed by atoms with Crippen LogP contribution in [0.25, 0.3) is 5.65 Å². The Bertz CT molecular complexity index is 744. The predicted molar refractivity (Wildman–Crippen MR) is 64.4 cm³/mol. The third-order valence-electron chi connectivity index (χ3n) is 2.23. The van der Waals surface area contributed by atoms with Gasteiger partial charge in [-0.25, -0.2) is 4.98 Å². The van der Waals surface area contributed by atoms with Gasteiger partial charge >= 0.3 is 0 Å². The van der Waals surface area contributed by atoms with Crippen LogP contribution in [0.1, 0.15) is 0 Å². The maximum atomic E-state index is 12.0. The Morgan fingerprint density at radius 2 is 2.17 bits per heavy atom. The second-order valence-electron chi connectivity index (χ2n) is 3.33. The molecule has 0 amide bonds. The first-order valence-corrected chi connectivity index (χ1v) is 4.99. The first-order chi connectivity index (χ1) is 8.76. The second kappa shape index (κ2) is 4.81. The topological polar surface area (TPSA) is 94.0 Å². The number of aromatic nitrogens is 2. The van der Waals surface area contributed by atoms with Crippen LogP contribution >= 0.6 is 0 Å². The summed E-state index contributed by atoms with van der Waals surface area (Å²) < 4.78 is 1.37. The van der Waals surface area contributed by atoms with E-state index in [4.69, 9.17) is 10.5 Å². The standard InChI is InChI=1S/C12H7N5O/c13-5-9(6-14)7-15-10-8-16-11-3-1-2-4-17(11)12(10)18/h1-4,7-8,15H. The van der Waals surface area contributed by atoms with Crippen molar-refractivity contribution in [2.75, 3.05) is 5.32 Å². The number of nitriles is 2. The van der Waals surface area contributed by atoms with Crippen LogP contribution in [0.5, 0.6) is 0 Å². The summed E-state index contributed by atoms with van der Waals surface area (Å²) in [6, 6.07) is 8.57. The minimum Gasteiger partial charge on any atom is -0.354 e. The molecule has 0 radical (unpaired) electrons. The summed E-state index contributed by atoms with van der Waals surface area (Å²) in [5.41, 5.74) is 0.305. The third-order valence-corrected chi connectivity index (χ3v) is 2.23. The molecular weight excluding hydrogens is 230 g/mol. The Hall–Kier alpha value is -3.12. The van der Waals surface area contributed by atoms with E-state index >= 15 is 0 Å². The molecule has 6 heteroatoms. The third kappa shape index (κ3) is 2.04. The molecule has 0 spiro atoms. The quantitative estimate of drug-likeness (QED) is 0.787. The number of pyridine rings is 1. The number of anilines is 1. The van der Waals surface area contributed by atoms with Crippen molar-refractivity contribution in [2.24, 2.45) is 0 Å². The van der Waals surface area contributed by atoms with Crippen molar-refractivity contribution in [1.82, 2.24) is 9.38 Å². The van der Waals surface area contributed by atoms with E-state index in [1.165, 1.54) is 16.8 Å². The molecule has 2 heterocycles. The van der Waals surface area contributed by atoms with Crippen molar-refractivity contribution in [1.29, 1.82) is 10.5 Å². The maximum Gasteiger partial charge on any atom is 0.281 e. The van der Waals surface area contributed by atoms with E-state index in [0.29, 0.717) is 5.65 Å². The smallest absolute Gasteiger partial charge is 0.281 e. The molecule has 6 nitrogen and oxygen atoms in total. The van der Waals surface area contributed by atoms with Crippen LogP contribution < -0.4 is 10.9 Å². The molecule has 0 saturated heterocycles. The van der Waals surface area contributed by atoms with Crippen LogP contribution in [0.15, 0.2) is 47.2 Å². The van der Waals surface area contributed by atoms with Gasteiger partial charge in [-0.15, -0.1) is 0 Å². The normalized spacial score (nSPS) is 9.22. The Kier molecular flexibility index (Phi) is 3.04. The maximum absolute atomic E-state index is 12.0. The number of hydrogen-bond donors (Lipinski definition) is 1. The van der Waals surface area contributed by atoms with Crippen LogP contribution in [0, 0.1) is 22.7 Å². The summed E-state index contributed by atoms with van der Waals surface area (Å²) in [5, 5.41) is 19.7. The molecule has 0 aliphatic rings. The van der Waals surface area contributed by atoms with Crippen LogP contribution in [-0.4, -0.2) is 9.38 Å². The molecule has 0 aromatic carbocycles. The predicted octanol–water partition coefficient (Wildman–Crippen LogP) is 1.04. The molecule has 1 N–H and O–H groups in total. The SMILES string of the molecule is N#CC(C#N)=CNc1cnc2ccccn2c1=O. The van der Waals surface area contributed by atoms with Gasteiger partial charge in [0.15, 0.2) is 0 Å². The fourth-order valence-corrected chi connectivity index (χ4v) is 1.37. The monoisotopic (exact) mass is 237 g/mol. The highest BCUT2D eigenvalue weighted by molar-refractivity contribution is 5.50. The van der Waals surface area contributed by atoms with Gasteiger partial charge in [-0.1, -0.05) is 6.07 Å². The van der Waals surface area contributed by atoms with Crippen molar-refractivity contribution in [3.8, 4) is 12.1 Å². The molecule has 0 fully saturated rings. The van der Waals surface area contributed by atoms with E-state index in [1.54, 1.807) is 36.5 Å². The molecule has 2 aromatic heterocycles. The number of rotatable bonds is 2. The van der Waals surface area contributed by atoms with E-state index in [1.807, 2.05) is 0 Å². The minimum absolute atomic E-state index is 0.118. The lowest BCUT2D eigenvalue weighted by atomic mass is 10.3. The molecular formula is C12H7N5O. The van der Waals surface area contributed by atoms with Crippen molar-refractivity contribution < 1.29 is 0 Å². The zero-order valence-electron chi connectivity index (χ0n) is 9.16. The average Bonchev–Trinajstić information content (AvgIpc) is 2.42. The van der Waals surface area contributed by atoms with Gasteiger partial charge in [0.05, 0.1) is 6.20 Å². The highest BCUT2D eigenvalue weighted by Crippen LogP contribution is 2.02. The van der Waals surface area contributed by atoms with Gasteiger partial charge in [-0.05, 0) is 12.1 Å². The van der Waals surface area contributed by atoms with Gasteiger partial charge in [-0.2, -0.15) is 10.5 Å². The molecule has 0 saturated carbocycles. The van der Waals surface area contributed by atoms with Gasteiger partial charge < -0.3 is 5.32 Å². The highest BCUT2D eigenvalue weighted by atomic mass is 16.1. The lowest BCUT2D eigenvalue weighted by molar-refractivity contribution is 1.05. The molecule has 0 bridgehead atoms. The van der Waals surface area contributed by atoms with E-state index < -0.39 is 0 Å². The first kappa shape index (κ1) is 11.4. The van der Waals surface area contributed by atoms with E-state index in [9.17, 15) is 4.79 Å². The first-order valence-electron chi connectivity index (χ1n) is 4.99. The Balaban J connectivity index is 2.46. The second-order valence-corrected chi connectivity index (χ2v) is 3.33. The number of nitrogens with one attached hydrogen (secondary N) is 1. The number of nitrogens with zero attached hydrogens (tertiary/aromatic N) is 4. The molecule has 86 valence electrons. The molecule has 0 aliphatic heterocycles. The van der Waals surface area contributed by atoms with Crippen molar-refractivity contribution in [3.63, 3.8) is 0 Å². The highest BCUT2D eigenvalue weighted by Gasteiger charge is 2.02. The average molecular weight is 237 g/mol. The Morgan fingerprint density at radius 1 is 1.39 bits per heavy atom. The zero-order chi connectivity index (χ0) is 13.0. The van der Waals surface area contributed by atoms with Gasteiger partial charge in [-0.3, -0.25) is 9.20 Å². The summed E-state index contributed by atoms with van der Waals surface area (Å²) in [6.07, 6.45) is 4.13. The van der Waals surface area contributed by atoms with Gasteiger partial charge in [0.25, 0.3) is 5.56 Å². The lowest BCUT2D eigenvalue weighted by Crippen LogP contribution is -2.17. The summed E-state index contributed by atoms with van der Waals surface area (Å²) in [5.74, 6) is 0. The molecule has 18 heavy (non-hydrogen) atoms. The number of hydrogen-bond acceptors (Lipinski definition) is 5.